The van der Waals surface area contributed by atoms with Crippen LogP contribution in [0.1, 0.15) is 16.1 Å². The highest BCUT2D eigenvalue weighted by Crippen LogP contribution is 2.30. The number of imidazole rings is 1. The molecule has 0 unspecified atom stereocenters. The number of benzene rings is 3. The van der Waals surface area contributed by atoms with Crippen LogP contribution in [0.3, 0.4) is 0 Å². The largest absolute Gasteiger partial charge is 0.336 e. The molecule has 200 valence electrons. The number of rotatable bonds is 6. The van der Waals surface area contributed by atoms with Crippen LogP contribution in [0.15, 0.2) is 97.2 Å². The van der Waals surface area contributed by atoms with Gasteiger partial charge < -0.3 is 9.30 Å². The first-order valence-corrected chi connectivity index (χ1v) is 13.0. The van der Waals surface area contributed by atoms with Crippen molar-refractivity contribution < 1.29 is 14.1 Å². The maximum absolute atomic E-state index is 13.3. The molecule has 1 aliphatic heterocycles. The molecule has 1 aliphatic rings. The van der Waals surface area contributed by atoms with E-state index in [0.29, 0.717) is 38.3 Å². The summed E-state index contributed by atoms with van der Waals surface area (Å²) < 4.78 is 15.4. The van der Waals surface area contributed by atoms with Crippen molar-refractivity contribution >= 4 is 17.2 Å². The first kappa shape index (κ1) is 25.4. The summed E-state index contributed by atoms with van der Waals surface area (Å²) in [4.78, 5) is 32.9. The molecule has 0 radical (unpaired) electrons. The molecule has 8 nitrogen and oxygen atoms in total. The minimum Gasteiger partial charge on any atom is -0.336 e. The Bertz CT molecular complexity index is 1690. The Morgan fingerprint density at radius 1 is 0.850 bits per heavy atom. The van der Waals surface area contributed by atoms with Gasteiger partial charge in [0.15, 0.2) is 0 Å². The van der Waals surface area contributed by atoms with Crippen molar-refractivity contribution in [3.63, 3.8) is 0 Å². The number of hydrogen-bond acceptors (Lipinski definition) is 5. The van der Waals surface area contributed by atoms with Gasteiger partial charge in [-0.15, -0.1) is 0 Å². The van der Waals surface area contributed by atoms with E-state index in [1.165, 1.54) is 30.3 Å². The molecule has 3 heterocycles. The number of aromatic nitrogens is 2. The second-order valence-corrected chi connectivity index (χ2v) is 9.80. The second kappa shape index (κ2) is 10.7. The Hall–Kier alpha value is -4.89. The van der Waals surface area contributed by atoms with Gasteiger partial charge >= 0.3 is 0 Å². The highest BCUT2D eigenvalue weighted by molar-refractivity contribution is 5.94. The summed E-state index contributed by atoms with van der Waals surface area (Å²) in [6, 6.07) is 26.1. The molecule has 1 saturated heterocycles. The quantitative estimate of drug-likeness (QED) is 0.207. The maximum Gasteiger partial charge on any atom is 0.270 e. The number of carbonyl (C=O) groups is 1. The van der Waals surface area contributed by atoms with E-state index in [1.807, 2.05) is 54.7 Å². The van der Waals surface area contributed by atoms with E-state index in [2.05, 4.69) is 9.30 Å². The van der Waals surface area contributed by atoms with Gasteiger partial charge in [-0.1, -0.05) is 42.5 Å². The Morgan fingerprint density at radius 3 is 2.30 bits per heavy atom. The molecule has 3 aromatic carbocycles. The summed E-state index contributed by atoms with van der Waals surface area (Å²) >= 11 is 0. The van der Waals surface area contributed by atoms with Gasteiger partial charge in [-0.05, 0) is 47.5 Å². The summed E-state index contributed by atoms with van der Waals surface area (Å²) in [5.41, 5.74) is 5.80. The third-order valence-electron chi connectivity index (χ3n) is 7.28. The topological polar surface area (TPSA) is 84.0 Å². The molecule has 40 heavy (non-hydrogen) atoms. The average molecular weight is 536 g/mol. The normalized spacial score (nSPS) is 14.0. The molecule has 1 amide bonds. The highest BCUT2D eigenvalue weighted by Gasteiger charge is 2.25. The molecule has 9 heteroatoms. The highest BCUT2D eigenvalue weighted by atomic mass is 19.1. The molecule has 5 aromatic rings. The third kappa shape index (κ3) is 5.06. The van der Waals surface area contributed by atoms with Crippen molar-refractivity contribution in [1.82, 2.24) is 19.2 Å². The third-order valence-corrected chi connectivity index (χ3v) is 7.28. The van der Waals surface area contributed by atoms with Crippen LogP contribution in [0.2, 0.25) is 0 Å². The molecular weight excluding hydrogens is 509 g/mol. The van der Waals surface area contributed by atoms with Crippen LogP contribution >= 0.6 is 0 Å². The number of non-ortho nitro benzene ring substituents is 1. The summed E-state index contributed by atoms with van der Waals surface area (Å²) in [5.74, 6) is -0.460. The average Bonchev–Trinajstić information content (AvgIpc) is 3.35. The number of nitrogens with zero attached hydrogens (tertiary/aromatic N) is 5. The van der Waals surface area contributed by atoms with Gasteiger partial charge in [-0.2, -0.15) is 0 Å². The van der Waals surface area contributed by atoms with E-state index in [0.717, 1.165) is 33.7 Å². The van der Waals surface area contributed by atoms with Crippen LogP contribution in [0.4, 0.5) is 10.1 Å². The van der Waals surface area contributed by atoms with Crippen molar-refractivity contribution in [1.29, 1.82) is 0 Å². The number of fused-ring (bicyclic) bond motifs is 1. The Labute approximate surface area is 230 Å². The number of nitro groups is 1. The van der Waals surface area contributed by atoms with E-state index in [4.69, 9.17) is 4.98 Å². The van der Waals surface area contributed by atoms with E-state index >= 15 is 0 Å². The Kier molecular flexibility index (Phi) is 6.79. The van der Waals surface area contributed by atoms with Gasteiger partial charge in [0.05, 0.1) is 16.3 Å². The van der Waals surface area contributed by atoms with Crippen LogP contribution in [0.5, 0.6) is 0 Å². The lowest BCUT2D eigenvalue weighted by atomic mass is 10.1. The number of amides is 1. The SMILES string of the molecule is O=C(c1ccc(F)cc1)N1CCN(Cc2c(-c3ccccc3)nc3ccc(-c4cccc([N+](=O)[O-])c4)cn23)CC1. The predicted molar refractivity (Wildman–Crippen MR) is 150 cm³/mol. The molecule has 0 aliphatic carbocycles. The lowest BCUT2D eigenvalue weighted by Gasteiger charge is -2.34. The second-order valence-electron chi connectivity index (χ2n) is 9.80. The number of pyridine rings is 1. The number of carbonyl (C=O) groups excluding carboxylic acids is 1. The van der Waals surface area contributed by atoms with E-state index in [-0.39, 0.29) is 17.4 Å². The molecule has 0 N–H and O–H groups in total. The molecular formula is C31H26FN5O3. The van der Waals surface area contributed by atoms with Crippen molar-refractivity contribution in [3.05, 3.63) is 124 Å². The number of hydrogen-bond donors (Lipinski definition) is 0. The van der Waals surface area contributed by atoms with Crippen molar-refractivity contribution in [3.8, 4) is 22.4 Å². The lowest BCUT2D eigenvalue weighted by molar-refractivity contribution is -0.384. The first-order chi connectivity index (χ1) is 19.5. The maximum atomic E-state index is 13.3. The summed E-state index contributed by atoms with van der Waals surface area (Å²) in [6.45, 7) is 3.10. The number of piperazine rings is 1. The minimum absolute atomic E-state index is 0.0430. The van der Waals surface area contributed by atoms with Gasteiger partial charge in [-0.25, -0.2) is 9.37 Å². The fourth-order valence-electron chi connectivity index (χ4n) is 5.14. The zero-order chi connectivity index (χ0) is 27.6. The molecule has 0 saturated carbocycles. The van der Waals surface area contributed by atoms with Crippen molar-refractivity contribution in [2.75, 3.05) is 26.2 Å². The first-order valence-electron chi connectivity index (χ1n) is 13.0. The zero-order valence-corrected chi connectivity index (χ0v) is 21.6. The zero-order valence-electron chi connectivity index (χ0n) is 21.6. The van der Waals surface area contributed by atoms with E-state index in [9.17, 15) is 19.3 Å². The molecule has 1 fully saturated rings. The van der Waals surface area contributed by atoms with Gasteiger partial charge in [0.2, 0.25) is 0 Å². The number of nitro benzene ring substituents is 1. The van der Waals surface area contributed by atoms with Gasteiger partial charge in [-0.3, -0.25) is 19.8 Å². The fourth-order valence-corrected chi connectivity index (χ4v) is 5.14. The van der Waals surface area contributed by atoms with E-state index < -0.39 is 4.92 Å². The van der Waals surface area contributed by atoms with Gasteiger partial charge in [0, 0.05) is 62.2 Å². The van der Waals surface area contributed by atoms with Gasteiger partial charge in [0.25, 0.3) is 11.6 Å². The van der Waals surface area contributed by atoms with Crippen LogP contribution in [0.25, 0.3) is 28.0 Å². The van der Waals surface area contributed by atoms with Crippen molar-refractivity contribution in [2.24, 2.45) is 0 Å². The fraction of sp³-hybridized carbons (Fsp3) is 0.161. The van der Waals surface area contributed by atoms with Crippen LogP contribution in [-0.4, -0.2) is 56.2 Å². The van der Waals surface area contributed by atoms with Crippen LogP contribution < -0.4 is 0 Å². The summed E-state index contributed by atoms with van der Waals surface area (Å²) in [5, 5.41) is 11.3. The standard InChI is InChI=1S/C31H26FN5O3/c32-26-12-9-23(10-13-26)31(38)35-17-15-34(16-18-35)21-28-30(22-5-2-1-3-6-22)33-29-14-11-25(20-36(28)29)24-7-4-8-27(19-24)37(39)40/h1-14,19-20H,15-18,21H2. The van der Waals surface area contributed by atoms with E-state index in [1.54, 1.807) is 17.0 Å². The molecule has 2 aromatic heterocycles. The molecule has 0 bridgehead atoms. The predicted octanol–water partition coefficient (Wildman–Crippen LogP) is 5.67. The lowest BCUT2D eigenvalue weighted by Crippen LogP contribution is -2.48. The number of halogens is 1. The minimum atomic E-state index is -0.390. The Morgan fingerprint density at radius 2 is 1.57 bits per heavy atom. The van der Waals surface area contributed by atoms with Crippen LogP contribution in [-0.2, 0) is 6.54 Å². The smallest absolute Gasteiger partial charge is 0.270 e. The molecule has 6 rings (SSSR count). The molecule has 0 spiro atoms. The monoisotopic (exact) mass is 535 g/mol. The Balaban J connectivity index is 1.30. The molecule has 0 atom stereocenters. The van der Waals surface area contributed by atoms with Gasteiger partial charge in [0.1, 0.15) is 11.5 Å². The van der Waals surface area contributed by atoms with Crippen molar-refractivity contribution in [2.45, 2.75) is 6.54 Å². The summed E-state index contributed by atoms with van der Waals surface area (Å²) in [6.07, 6.45) is 1.98. The summed E-state index contributed by atoms with van der Waals surface area (Å²) in [7, 11) is 0. The van der Waals surface area contributed by atoms with Crippen LogP contribution in [0, 0.1) is 15.9 Å².